The number of aryl methyl sites for hydroxylation is 1. The van der Waals surface area contributed by atoms with Crippen molar-refractivity contribution in [2.75, 3.05) is 47.8 Å². The van der Waals surface area contributed by atoms with Gasteiger partial charge in [-0.2, -0.15) is 0 Å². The minimum absolute atomic E-state index is 0. The average Bonchev–Trinajstić information content (AvgIpc) is 2.44. The highest BCUT2D eigenvalue weighted by molar-refractivity contribution is 5.43. The maximum absolute atomic E-state index is 2.32. The molecule has 0 bridgehead atoms. The molecular weight excluding hydrogens is 498 g/mol. The zero-order valence-corrected chi connectivity index (χ0v) is 19.5. The second-order valence-corrected chi connectivity index (χ2v) is 7.10. The van der Waals surface area contributed by atoms with Gasteiger partial charge in [-0.15, -0.1) is 0 Å². The molecule has 1 aromatic carbocycles. The van der Waals surface area contributed by atoms with E-state index in [1.165, 1.54) is 43.6 Å². The molecule has 0 N–H and O–H groups in total. The van der Waals surface area contributed by atoms with Crippen molar-refractivity contribution in [1.29, 1.82) is 0 Å². The van der Waals surface area contributed by atoms with E-state index in [0.717, 1.165) is 15.5 Å². The van der Waals surface area contributed by atoms with Gasteiger partial charge in [0.25, 0.3) is 0 Å². The minimum atomic E-state index is 0. The summed E-state index contributed by atoms with van der Waals surface area (Å²) in [4.78, 5) is 0. The Morgan fingerprint density at radius 1 is 0.773 bits per heavy atom. The van der Waals surface area contributed by atoms with E-state index in [0.29, 0.717) is 0 Å². The van der Waals surface area contributed by atoms with Crippen molar-refractivity contribution in [3.8, 4) is 0 Å². The van der Waals surface area contributed by atoms with Gasteiger partial charge < -0.3 is 52.4 Å². The molecule has 0 aromatic heterocycles. The maximum atomic E-state index is 2.32. The molecular formula is C18H34I2N2. The SMILES string of the molecule is CC[N+](C)(C)CCCCc1ccc([N+](C)(C)CC)cc1.[I-].[I-]. The fourth-order valence-corrected chi connectivity index (χ4v) is 2.28. The van der Waals surface area contributed by atoms with Gasteiger partial charge in [0.15, 0.2) is 0 Å². The Bertz CT molecular complexity index is 400. The third kappa shape index (κ3) is 8.45. The van der Waals surface area contributed by atoms with Crippen LogP contribution in [0.5, 0.6) is 0 Å². The van der Waals surface area contributed by atoms with E-state index in [-0.39, 0.29) is 48.0 Å². The highest BCUT2D eigenvalue weighted by atomic mass is 127. The number of benzene rings is 1. The molecule has 1 rings (SSSR count). The topological polar surface area (TPSA) is 0 Å². The number of rotatable bonds is 8. The van der Waals surface area contributed by atoms with Crippen LogP contribution in [0.4, 0.5) is 5.69 Å². The highest BCUT2D eigenvalue weighted by Crippen LogP contribution is 2.20. The molecule has 0 fully saturated rings. The Hall–Kier alpha value is 0.600. The number of quaternary nitrogens is 2. The van der Waals surface area contributed by atoms with Crippen LogP contribution in [0.2, 0.25) is 0 Å². The normalized spacial score (nSPS) is 11.5. The van der Waals surface area contributed by atoms with E-state index in [4.69, 9.17) is 0 Å². The average molecular weight is 532 g/mol. The van der Waals surface area contributed by atoms with Gasteiger partial charge in [-0.25, -0.2) is 0 Å². The maximum Gasteiger partial charge on any atom is 0.132 e. The number of hydrogen-bond donors (Lipinski definition) is 0. The molecule has 0 aliphatic rings. The van der Waals surface area contributed by atoms with Crippen LogP contribution in [0, 0.1) is 0 Å². The Morgan fingerprint density at radius 2 is 1.32 bits per heavy atom. The predicted molar refractivity (Wildman–Crippen MR) is 91.1 cm³/mol. The summed E-state index contributed by atoms with van der Waals surface area (Å²) in [6, 6.07) is 9.21. The number of nitrogens with zero attached hydrogens (tertiary/aromatic N) is 2. The van der Waals surface area contributed by atoms with E-state index in [9.17, 15) is 0 Å². The second kappa shape index (κ2) is 11.2. The van der Waals surface area contributed by atoms with Crippen LogP contribution in [0.3, 0.4) is 0 Å². The second-order valence-electron chi connectivity index (χ2n) is 7.10. The summed E-state index contributed by atoms with van der Waals surface area (Å²) < 4.78 is 2.10. The van der Waals surface area contributed by atoms with Crippen molar-refractivity contribution in [2.24, 2.45) is 0 Å². The largest absolute Gasteiger partial charge is 1.00 e. The van der Waals surface area contributed by atoms with Gasteiger partial charge in [0, 0.05) is 0 Å². The molecule has 0 aliphatic heterocycles. The first-order valence-corrected chi connectivity index (χ1v) is 8.05. The third-order valence-electron chi connectivity index (χ3n) is 4.76. The lowest BCUT2D eigenvalue weighted by atomic mass is 10.1. The molecule has 0 amide bonds. The molecule has 130 valence electrons. The molecule has 0 saturated heterocycles. The van der Waals surface area contributed by atoms with E-state index in [1.807, 2.05) is 0 Å². The van der Waals surface area contributed by atoms with Crippen molar-refractivity contribution in [3.63, 3.8) is 0 Å². The van der Waals surface area contributed by atoms with Crippen LogP contribution in [0.1, 0.15) is 32.3 Å². The Balaban J connectivity index is 0. The Kier molecular flexibility index (Phi) is 12.7. The summed E-state index contributed by atoms with van der Waals surface area (Å²) >= 11 is 0. The summed E-state index contributed by atoms with van der Waals surface area (Å²) in [7, 11) is 9.17. The van der Waals surface area contributed by atoms with E-state index < -0.39 is 0 Å². The van der Waals surface area contributed by atoms with Crippen LogP contribution < -0.4 is 52.4 Å². The first-order valence-electron chi connectivity index (χ1n) is 8.05. The lowest BCUT2D eigenvalue weighted by Gasteiger charge is -2.28. The lowest BCUT2D eigenvalue weighted by molar-refractivity contribution is -0.888. The van der Waals surface area contributed by atoms with Crippen LogP contribution in [-0.4, -0.2) is 52.3 Å². The lowest BCUT2D eigenvalue weighted by Crippen LogP contribution is -3.00. The summed E-state index contributed by atoms with van der Waals surface area (Å²) in [5.41, 5.74) is 2.88. The molecule has 0 radical (unpaired) electrons. The molecule has 0 spiro atoms. The van der Waals surface area contributed by atoms with Crippen LogP contribution in [0.15, 0.2) is 24.3 Å². The van der Waals surface area contributed by atoms with Crippen molar-refractivity contribution >= 4 is 5.69 Å². The van der Waals surface area contributed by atoms with Crippen molar-refractivity contribution in [3.05, 3.63) is 29.8 Å². The summed E-state index contributed by atoms with van der Waals surface area (Å²) in [6.45, 7) is 8.14. The predicted octanol–water partition coefficient (Wildman–Crippen LogP) is -2.30. The van der Waals surface area contributed by atoms with E-state index >= 15 is 0 Å². The van der Waals surface area contributed by atoms with Gasteiger partial charge in [-0.05, 0) is 50.8 Å². The van der Waals surface area contributed by atoms with Gasteiger partial charge in [-0.3, -0.25) is 4.48 Å². The Labute approximate surface area is 172 Å². The number of hydrogen-bond acceptors (Lipinski definition) is 0. The van der Waals surface area contributed by atoms with E-state index in [1.54, 1.807) is 0 Å². The standard InChI is InChI=1S/C18H34N2.2HI/c1-7-19(3,4)16-10-9-11-17-12-14-18(15-13-17)20(5,6)8-2;;/h12-15H,7-11,16H2,1-6H3;2*1H/q+2;;/p-2. The van der Waals surface area contributed by atoms with Crippen molar-refractivity contribution < 1.29 is 52.4 Å². The van der Waals surface area contributed by atoms with Crippen LogP contribution in [0.25, 0.3) is 0 Å². The first-order chi connectivity index (χ1) is 9.30. The molecule has 0 heterocycles. The summed E-state index contributed by atoms with van der Waals surface area (Å²) in [6.07, 6.45) is 3.83. The van der Waals surface area contributed by atoms with Gasteiger partial charge in [0.2, 0.25) is 0 Å². The fraction of sp³-hybridized carbons (Fsp3) is 0.667. The molecule has 4 heteroatoms. The van der Waals surface area contributed by atoms with Crippen LogP contribution in [-0.2, 0) is 6.42 Å². The Morgan fingerprint density at radius 3 is 1.77 bits per heavy atom. The fourth-order valence-electron chi connectivity index (χ4n) is 2.28. The van der Waals surface area contributed by atoms with Gasteiger partial charge in [0.05, 0.1) is 47.8 Å². The van der Waals surface area contributed by atoms with E-state index in [2.05, 4.69) is 66.3 Å². The minimum Gasteiger partial charge on any atom is -1.00 e. The molecule has 1 aromatic rings. The molecule has 0 aliphatic carbocycles. The van der Waals surface area contributed by atoms with Crippen molar-refractivity contribution in [1.82, 2.24) is 4.48 Å². The highest BCUT2D eigenvalue weighted by Gasteiger charge is 2.15. The molecule has 0 unspecified atom stereocenters. The van der Waals surface area contributed by atoms with Gasteiger partial charge in [0.1, 0.15) is 5.69 Å². The monoisotopic (exact) mass is 532 g/mol. The van der Waals surface area contributed by atoms with Crippen LogP contribution >= 0.6 is 0 Å². The summed E-state index contributed by atoms with van der Waals surface area (Å²) in [5.74, 6) is 0. The summed E-state index contributed by atoms with van der Waals surface area (Å²) in [5, 5.41) is 0. The molecule has 0 atom stereocenters. The van der Waals surface area contributed by atoms with Gasteiger partial charge >= 0.3 is 0 Å². The number of unbranched alkanes of at least 4 members (excludes halogenated alkanes) is 1. The zero-order valence-electron chi connectivity index (χ0n) is 15.2. The van der Waals surface area contributed by atoms with Crippen molar-refractivity contribution in [2.45, 2.75) is 33.1 Å². The van der Waals surface area contributed by atoms with Gasteiger partial charge in [-0.1, -0.05) is 12.1 Å². The zero-order chi connectivity index (χ0) is 15.2. The molecule has 22 heavy (non-hydrogen) atoms. The molecule has 2 nitrogen and oxygen atoms in total. The smallest absolute Gasteiger partial charge is 0.132 e. The first kappa shape index (κ1) is 24.8. The molecule has 0 saturated carbocycles. The third-order valence-corrected chi connectivity index (χ3v) is 4.76. The quantitative estimate of drug-likeness (QED) is 0.201. The number of halogens is 2.